The van der Waals surface area contributed by atoms with E-state index in [1.807, 2.05) is 38.1 Å². The lowest BCUT2D eigenvalue weighted by Crippen LogP contribution is -2.44. The van der Waals surface area contributed by atoms with Gasteiger partial charge in [0.2, 0.25) is 5.91 Å². The number of rotatable bonds is 4. The van der Waals surface area contributed by atoms with Crippen molar-refractivity contribution in [1.29, 1.82) is 0 Å². The Kier molecular flexibility index (Phi) is 4.76. The Morgan fingerprint density at radius 2 is 2.25 bits per heavy atom. The van der Waals surface area contributed by atoms with E-state index in [0.717, 1.165) is 22.7 Å². The van der Waals surface area contributed by atoms with Crippen molar-refractivity contribution in [3.63, 3.8) is 0 Å². The Balaban J connectivity index is 1.76. The minimum Gasteiger partial charge on any atom is -0.377 e. The van der Waals surface area contributed by atoms with E-state index in [9.17, 15) is 4.79 Å². The van der Waals surface area contributed by atoms with Crippen molar-refractivity contribution in [1.82, 2.24) is 14.6 Å². The predicted octanol–water partition coefficient (Wildman–Crippen LogP) is 2.72. The van der Waals surface area contributed by atoms with Crippen LogP contribution in [0.25, 0.3) is 0 Å². The zero-order chi connectivity index (χ0) is 17.3. The summed E-state index contributed by atoms with van der Waals surface area (Å²) in [6.07, 6.45) is 2.45. The number of carbonyl (C=O) groups is 1. The van der Waals surface area contributed by atoms with E-state index in [1.165, 1.54) is 0 Å². The SMILES string of the molecule is Cc1noc(C)c1[C@@H](C)CC(=O)N1CCOC[C@H]1c1cccn1C. The Morgan fingerprint density at radius 3 is 2.88 bits per heavy atom. The van der Waals surface area contributed by atoms with Gasteiger partial charge in [-0.25, -0.2) is 0 Å². The van der Waals surface area contributed by atoms with E-state index >= 15 is 0 Å². The number of aryl methyl sites for hydroxylation is 3. The van der Waals surface area contributed by atoms with Crippen LogP contribution >= 0.6 is 0 Å². The van der Waals surface area contributed by atoms with E-state index in [0.29, 0.717) is 26.2 Å². The normalized spacial score (nSPS) is 19.5. The first-order valence-corrected chi connectivity index (χ1v) is 8.40. The van der Waals surface area contributed by atoms with Gasteiger partial charge in [0.15, 0.2) is 0 Å². The maximum absolute atomic E-state index is 13.0. The highest BCUT2D eigenvalue weighted by Crippen LogP contribution is 2.30. The van der Waals surface area contributed by atoms with Crippen molar-refractivity contribution in [3.8, 4) is 0 Å². The lowest BCUT2D eigenvalue weighted by molar-refractivity contribution is -0.140. The van der Waals surface area contributed by atoms with E-state index < -0.39 is 0 Å². The van der Waals surface area contributed by atoms with Crippen molar-refractivity contribution < 1.29 is 14.1 Å². The Bertz CT molecular complexity index is 699. The molecule has 0 radical (unpaired) electrons. The molecule has 3 heterocycles. The van der Waals surface area contributed by atoms with E-state index in [2.05, 4.69) is 22.7 Å². The fourth-order valence-corrected chi connectivity index (χ4v) is 3.64. The monoisotopic (exact) mass is 331 g/mol. The van der Waals surface area contributed by atoms with E-state index in [4.69, 9.17) is 9.26 Å². The van der Waals surface area contributed by atoms with Crippen LogP contribution in [0.1, 0.15) is 48.0 Å². The number of hydrogen-bond donors (Lipinski definition) is 0. The molecule has 0 N–H and O–H groups in total. The molecule has 0 aliphatic carbocycles. The first kappa shape index (κ1) is 16.8. The van der Waals surface area contributed by atoms with Gasteiger partial charge in [-0.1, -0.05) is 12.1 Å². The molecule has 2 aromatic heterocycles. The number of nitrogens with zero attached hydrogens (tertiary/aromatic N) is 3. The third kappa shape index (κ3) is 3.11. The molecule has 0 spiro atoms. The molecule has 6 nitrogen and oxygen atoms in total. The van der Waals surface area contributed by atoms with Crippen LogP contribution in [-0.4, -0.2) is 40.3 Å². The first-order chi connectivity index (χ1) is 11.5. The second-order valence-electron chi connectivity index (χ2n) is 6.56. The van der Waals surface area contributed by atoms with Crippen LogP contribution in [0.5, 0.6) is 0 Å². The molecule has 1 aliphatic heterocycles. The smallest absolute Gasteiger partial charge is 0.223 e. The van der Waals surface area contributed by atoms with Crippen molar-refractivity contribution in [2.45, 2.75) is 39.2 Å². The molecule has 2 atom stereocenters. The highest BCUT2D eigenvalue weighted by atomic mass is 16.5. The number of carbonyl (C=O) groups excluding carboxylic acids is 1. The third-order valence-electron chi connectivity index (χ3n) is 4.84. The molecule has 0 bridgehead atoms. The van der Waals surface area contributed by atoms with Crippen LogP contribution in [0.4, 0.5) is 0 Å². The van der Waals surface area contributed by atoms with Crippen molar-refractivity contribution in [2.75, 3.05) is 19.8 Å². The van der Waals surface area contributed by atoms with Crippen molar-refractivity contribution >= 4 is 5.91 Å². The van der Waals surface area contributed by atoms with Crippen LogP contribution in [0.15, 0.2) is 22.9 Å². The van der Waals surface area contributed by atoms with Crippen LogP contribution in [0.3, 0.4) is 0 Å². The number of aromatic nitrogens is 2. The molecule has 0 aromatic carbocycles. The van der Waals surface area contributed by atoms with Crippen molar-refractivity contribution in [3.05, 3.63) is 41.0 Å². The van der Waals surface area contributed by atoms with Gasteiger partial charge < -0.3 is 18.7 Å². The fraction of sp³-hybridized carbons (Fsp3) is 0.556. The maximum atomic E-state index is 13.0. The van der Waals surface area contributed by atoms with E-state index in [-0.39, 0.29) is 17.9 Å². The van der Waals surface area contributed by atoms with Gasteiger partial charge in [-0.05, 0) is 31.9 Å². The summed E-state index contributed by atoms with van der Waals surface area (Å²) in [7, 11) is 2.00. The molecule has 3 rings (SSSR count). The van der Waals surface area contributed by atoms with Gasteiger partial charge in [0, 0.05) is 37.5 Å². The largest absolute Gasteiger partial charge is 0.377 e. The number of morpholine rings is 1. The van der Waals surface area contributed by atoms with Gasteiger partial charge >= 0.3 is 0 Å². The molecule has 0 unspecified atom stereocenters. The van der Waals surface area contributed by atoms with Gasteiger partial charge in [-0.3, -0.25) is 4.79 Å². The molecule has 24 heavy (non-hydrogen) atoms. The molecular formula is C18H25N3O3. The summed E-state index contributed by atoms with van der Waals surface area (Å²) in [5.41, 5.74) is 3.02. The Labute approximate surface area is 142 Å². The van der Waals surface area contributed by atoms with Gasteiger partial charge in [0.1, 0.15) is 5.76 Å². The second kappa shape index (κ2) is 6.81. The topological polar surface area (TPSA) is 60.5 Å². The average molecular weight is 331 g/mol. The lowest BCUT2D eigenvalue weighted by atomic mass is 9.95. The maximum Gasteiger partial charge on any atom is 0.223 e. The number of ether oxygens (including phenoxy) is 1. The molecular weight excluding hydrogens is 306 g/mol. The molecule has 1 amide bonds. The van der Waals surface area contributed by atoms with Crippen molar-refractivity contribution in [2.24, 2.45) is 7.05 Å². The molecule has 130 valence electrons. The molecule has 6 heteroatoms. The zero-order valence-electron chi connectivity index (χ0n) is 14.8. The highest BCUT2D eigenvalue weighted by Gasteiger charge is 2.31. The van der Waals surface area contributed by atoms with Gasteiger partial charge in [0.05, 0.1) is 24.9 Å². The Hall–Kier alpha value is -2.08. The molecule has 2 aromatic rings. The number of amides is 1. The third-order valence-corrected chi connectivity index (χ3v) is 4.84. The minimum absolute atomic E-state index is 0.0249. The second-order valence-corrected chi connectivity index (χ2v) is 6.56. The Morgan fingerprint density at radius 1 is 1.46 bits per heavy atom. The van der Waals surface area contributed by atoms with Crippen LogP contribution in [-0.2, 0) is 16.6 Å². The number of hydrogen-bond acceptors (Lipinski definition) is 4. The predicted molar refractivity (Wildman–Crippen MR) is 89.7 cm³/mol. The van der Waals surface area contributed by atoms with Crippen LogP contribution < -0.4 is 0 Å². The summed E-state index contributed by atoms with van der Waals surface area (Å²) >= 11 is 0. The van der Waals surface area contributed by atoms with Gasteiger partial charge in [0.25, 0.3) is 0 Å². The summed E-state index contributed by atoms with van der Waals surface area (Å²) in [6.45, 7) is 7.65. The molecule has 1 aliphatic rings. The lowest BCUT2D eigenvalue weighted by Gasteiger charge is -2.36. The summed E-state index contributed by atoms with van der Waals surface area (Å²) in [4.78, 5) is 14.9. The minimum atomic E-state index is -0.0249. The van der Waals surface area contributed by atoms with Gasteiger partial charge in [-0.15, -0.1) is 0 Å². The fourth-order valence-electron chi connectivity index (χ4n) is 3.64. The summed E-state index contributed by atoms with van der Waals surface area (Å²) in [6, 6.07) is 4.03. The highest BCUT2D eigenvalue weighted by molar-refractivity contribution is 5.77. The van der Waals surface area contributed by atoms with Crippen LogP contribution in [0.2, 0.25) is 0 Å². The summed E-state index contributed by atoms with van der Waals surface area (Å²) in [5.74, 6) is 1.03. The standard InChI is InChI=1S/C18H25N3O3/c1-12(18-13(2)19-24-14(18)3)10-17(22)21-8-9-23-11-16(21)15-6-5-7-20(15)4/h5-7,12,16H,8-11H2,1-4H3/t12-,16-/m0/s1. The first-order valence-electron chi connectivity index (χ1n) is 8.40. The van der Waals surface area contributed by atoms with Crippen LogP contribution in [0, 0.1) is 13.8 Å². The quantitative estimate of drug-likeness (QED) is 0.864. The summed E-state index contributed by atoms with van der Waals surface area (Å²) < 4.78 is 12.9. The zero-order valence-corrected chi connectivity index (χ0v) is 14.8. The molecule has 0 saturated carbocycles. The average Bonchev–Trinajstić information content (AvgIpc) is 3.12. The summed E-state index contributed by atoms with van der Waals surface area (Å²) in [5, 5.41) is 4.00. The van der Waals surface area contributed by atoms with E-state index in [1.54, 1.807) is 0 Å². The molecule has 1 saturated heterocycles. The van der Waals surface area contributed by atoms with Gasteiger partial charge in [-0.2, -0.15) is 0 Å². The molecule has 1 fully saturated rings.